The third-order valence-corrected chi connectivity index (χ3v) is 5.98. The van der Waals surface area contributed by atoms with Crippen LogP contribution >= 0.6 is 34.5 Å². The number of furan rings is 1. The van der Waals surface area contributed by atoms with Gasteiger partial charge in [0.25, 0.3) is 5.56 Å². The molecule has 7 nitrogen and oxygen atoms in total. The first kappa shape index (κ1) is 23.8. The Hall–Kier alpha value is -2.81. The fourth-order valence-electron chi connectivity index (χ4n) is 2.74. The van der Waals surface area contributed by atoms with Crippen LogP contribution in [-0.4, -0.2) is 42.0 Å². The molecule has 0 aliphatic carbocycles. The first-order chi connectivity index (χ1) is 15.2. The summed E-state index contributed by atoms with van der Waals surface area (Å²) in [6, 6.07) is 8.44. The lowest BCUT2D eigenvalue weighted by Gasteiger charge is -2.10. The number of amides is 1. The minimum atomic E-state index is -0.595. The number of hydrogen-bond donors (Lipinski definition) is 0. The number of thiazole rings is 1. The molecule has 1 amide bonds. The minimum Gasteiger partial charge on any atom is -0.463 e. The van der Waals surface area contributed by atoms with Crippen molar-refractivity contribution in [1.82, 2.24) is 9.47 Å². The van der Waals surface area contributed by atoms with Gasteiger partial charge >= 0.3 is 5.97 Å². The fraction of sp³-hybridized carbons (Fsp3) is 0.227. The van der Waals surface area contributed by atoms with Crippen LogP contribution in [0, 0.1) is 0 Å². The highest BCUT2D eigenvalue weighted by molar-refractivity contribution is 7.07. The van der Waals surface area contributed by atoms with Gasteiger partial charge in [-0.15, -0.1) is 11.3 Å². The van der Waals surface area contributed by atoms with Crippen LogP contribution in [0.2, 0.25) is 10.0 Å². The molecule has 0 saturated carbocycles. The Balaban J connectivity index is 2.08. The Morgan fingerprint density at radius 1 is 1.22 bits per heavy atom. The second-order valence-corrected chi connectivity index (χ2v) is 8.76. The third kappa shape index (κ3) is 5.51. The molecule has 0 saturated heterocycles. The van der Waals surface area contributed by atoms with Crippen LogP contribution in [0.3, 0.4) is 0 Å². The maximum atomic E-state index is 13.0. The summed E-state index contributed by atoms with van der Waals surface area (Å²) in [5.41, 5.74) is 0.204. The first-order valence-electron chi connectivity index (χ1n) is 9.55. The molecule has 3 rings (SSSR count). The molecule has 0 radical (unpaired) electrons. The highest BCUT2D eigenvalue weighted by Crippen LogP contribution is 2.31. The van der Waals surface area contributed by atoms with Gasteiger partial charge < -0.3 is 14.1 Å². The van der Waals surface area contributed by atoms with Gasteiger partial charge in [0.1, 0.15) is 22.7 Å². The van der Waals surface area contributed by atoms with E-state index in [4.69, 9.17) is 32.4 Å². The number of ether oxygens (including phenoxy) is 1. The zero-order valence-corrected chi connectivity index (χ0v) is 19.9. The lowest BCUT2D eigenvalue weighted by molar-refractivity contribution is -0.135. The van der Waals surface area contributed by atoms with Gasteiger partial charge in [0.2, 0.25) is 5.91 Å². The second-order valence-electron chi connectivity index (χ2n) is 6.85. The van der Waals surface area contributed by atoms with Crippen molar-refractivity contribution >= 4 is 58.6 Å². The number of nitrogens with zero attached hydrogens (tertiary/aromatic N) is 2. The number of likely N-dealkylation sites (N-methyl/N-ethyl adjacent to an activating group) is 1. The Morgan fingerprint density at radius 2 is 1.97 bits per heavy atom. The van der Waals surface area contributed by atoms with E-state index in [0.29, 0.717) is 36.3 Å². The van der Waals surface area contributed by atoms with Crippen LogP contribution in [0.5, 0.6) is 0 Å². The minimum absolute atomic E-state index is 0.196. The fourth-order valence-corrected chi connectivity index (χ4v) is 4.14. The van der Waals surface area contributed by atoms with E-state index in [9.17, 15) is 14.4 Å². The van der Waals surface area contributed by atoms with Gasteiger partial charge in [0, 0.05) is 30.8 Å². The number of carbonyl (C=O) groups excluding carboxylic acids is 2. The largest absolute Gasteiger partial charge is 0.463 e. The number of carbonyl (C=O) groups is 2. The predicted octanol–water partition coefficient (Wildman–Crippen LogP) is 2.74. The zero-order valence-electron chi connectivity index (χ0n) is 17.6. The average Bonchev–Trinajstić information content (AvgIpc) is 3.30. The Morgan fingerprint density at radius 3 is 2.66 bits per heavy atom. The number of esters is 1. The lowest BCUT2D eigenvalue weighted by atomic mass is 10.2. The van der Waals surface area contributed by atoms with Gasteiger partial charge in [-0.05, 0) is 37.3 Å². The van der Waals surface area contributed by atoms with E-state index in [-0.39, 0.29) is 19.1 Å². The molecule has 2 heterocycles. The van der Waals surface area contributed by atoms with Crippen molar-refractivity contribution in [3.8, 4) is 11.3 Å². The molecule has 168 valence electrons. The van der Waals surface area contributed by atoms with Crippen LogP contribution in [0.1, 0.15) is 12.7 Å². The van der Waals surface area contributed by atoms with Crippen molar-refractivity contribution in [2.24, 2.45) is 0 Å². The average molecular weight is 495 g/mol. The number of halogens is 2. The second kappa shape index (κ2) is 10.2. The summed E-state index contributed by atoms with van der Waals surface area (Å²) >= 11 is 13.3. The molecule has 0 bridgehead atoms. The number of benzene rings is 1. The van der Waals surface area contributed by atoms with Crippen molar-refractivity contribution in [3.05, 3.63) is 65.7 Å². The van der Waals surface area contributed by atoms with Crippen LogP contribution in [0.15, 0.2) is 39.5 Å². The molecule has 2 aromatic heterocycles. The summed E-state index contributed by atoms with van der Waals surface area (Å²) in [5.74, 6) is 0.0120. The molecule has 0 N–H and O–H groups in total. The normalized spacial score (nSPS) is 12.3. The molecule has 10 heteroatoms. The van der Waals surface area contributed by atoms with Gasteiger partial charge in [-0.1, -0.05) is 23.2 Å². The maximum Gasteiger partial charge on any atom is 0.333 e. The zero-order chi connectivity index (χ0) is 23.4. The highest BCUT2D eigenvalue weighted by atomic mass is 35.5. The number of aromatic nitrogens is 1. The smallest absolute Gasteiger partial charge is 0.333 e. The van der Waals surface area contributed by atoms with Gasteiger partial charge in [0.05, 0.1) is 22.2 Å². The van der Waals surface area contributed by atoms with E-state index in [1.807, 2.05) is 0 Å². The lowest BCUT2D eigenvalue weighted by Crippen LogP contribution is -2.38. The topological polar surface area (TPSA) is 81.7 Å². The summed E-state index contributed by atoms with van der Waals surface area (Å²) in [6.45, 7) is 1.67. The van der Waals surface area contributed by atoms with E-state index in [1.54, 1.807) is 57.4 Å². The van der Waals surface area contributed by atoms with Crippen LogP contribution in [0.25, 0.3) is 23.5 Å². The molecule has 0 unspecified atom stereocenters. The van der Waals surface area contributed by atoms with E-state index >= 15 is 0 Å². The molecule has 0 aliphatic heterocycles. The summed E-state index contributed by atoms with van der Waals surface area (Å²) in [6.07, 6.45) is 2.75. The predicted molar refractivity (Wildman–Crippen MR) is 125 cm³/mol. The molecule has 0 aliphatic rings. The molecular weight excluding hydrogens is 475 g/mol. The third-order valence-electron chi connectivity index (χ3n) is 4.35. The maximum absolute atomic E-state index is 13.0. The number of hydrogen-bond acceptors (Lipinski definition) is 6. The van der Waals surface area contributed by atoms with E-state index in [0.717, 1.165) is 11.3 Å². The van der Waals surface area contributed by atoms with E-state index in [1.165, 1.54) is 15.5 Å². The standard InChI is InChI=1S/C22H20Cl2N2O5S/c1-4-30-21(28)11-20-26(12-19(27)25(2)3)22(29)18(32-20)10-14-6-8-17(31-14)15-9-13(23)5-7-16(15)24/h5-11H,4,12H2,1-3H3/b18-10-,20-11-. The van der Waals surface area contributed by atoms with E-state index < -0.39 is 11.5 Å². The van der Waals surface area contributed by atoms with Gasteiger partial charge in [-0.2, -0.15) is 0 Å². The van der Waals surface area contributed by atoms with Crippen molar-refractivity contribution in [1.29, 1.82) is 0 Å². The van der Waals surface area contributed by atoms with Crippen LogP contribution in [0.4, 0.5) is 0 Å². The van der Waals surface area contributed by atoms with Crippen molar-refractivity contribution < 1.29 is 18.7 Å². The molecule has 1 aromatic carbocycles. The van der Waals surface area contributed by atoms with Crippen LogP contribution in [-0.2, 0) is 20.9 Å². The molecule has 32 heavy (non-hydrogen) atoms. The van der Waals surface area contributed by atoms with Gasteiger partial charge in [-0.3, -0.25) is 14.2 Å². The Bertz CT molecular complexity index is 1340. The Labute approximate surface area is 197 Å². The molecule has 3 aromatic rings. The molecule has 0 spiro atoms. The first-order valence-corrected chi connectivity index (χ1v) is 11.1. The van der Waals surface area contributed by atoms with E-state index in [2.05, 4.69) is 0 Å². The highest BCUT2D eigenvalue weighted by Gasteiger charge is 2.13. The monoisotopic (exact) mass is 494 g/mol. The van der Waals surface area contributed by atoms with Crippen molar-refractivity contribution in [3.63, 3.8) is 0 Å². The van der Waals surface area contributed by atoms with Crippen molar-refractivity contribution in [2.75, 3.05) is 20.7 Å². The summed E-state index contributed by atoms with van der Waals surface area (Å²) in [4.78, 5) is 38.5. The number of rotatable bonds is 6. The molecular formula is C22H20Cl2N2O5S. The Kier molecular flexibility index (Phi) is 7.60. The summed E-state index contributed by atoms with van der Waals surface area (Å²) in [7, 11) is 3.18. The quantitative estimate of drug-likeness (QED) is 0.492. The van der Waals surface area contributed by atoms with Crippen molar-refractivity contribution in [2.45, 2.75) is 13.5 Å². The molecule has 0 atom stereocenters. The SMILES string of the molecule is CCOC(=O)/C=c1\s/c(=C\c2ccc(-c3cc(Cl)ccc3Cl)o2)c(=O)n1CC(=O)N(C)C. The van der Waals surface area contributed by atoms with Gasteiger partial charge in [0.15, 0.2) is 0 Å². The molecule has 0 fully saturated rings. The van der Waals surface area contributed by atoms with Crippen LogP contribution < -0.4 is 14.8 Å². The summed E-state index contributed by atoms with van der Waals surface area (Å²) < 4.78 is 12.6. The summed E-state index contributed by atoms with van der Waals surface area (Å²) in [5, 5.41) is 0.986. The van der Waals surface area contributed by atoms with Gasteiger partial charge in [-0.25, -0.2) is 4.79 Å².